The molecular weight excluding hydrogens is 258 g/mol. The van der Waals surface area contributed by atoms with Gasteiger partial charge in [0.1, 0.15) is 0 Å². The van der Waals surface area contributed by atoms with Crippen molar-refractivity contribution in [2.45, 2.75) is 57.6 Å². The lowest BCUT2D eigenvalue weighted by atomic mass is 9.87. The Morgan fingerprint density at radius 3 is 2.84 bits per heavy atom. The van der Waals surface area contributed by atoms with Gasteiger partial charge < -0.3 is 10.4 Å². The van der Waals surface area contributed by atoms with E-state index in [1.54, 1.807) is 0 Å². The van der Waals surface area contributed by atoms with Gasteiger partial charge in [-0.3, -0.25) is 0 Å². The Hall–Kier alpha value is -0.570. The summed E-state index contributed by atoms with van der Waals surface area (Å²) in [5.74, 6) is 0. The summed E-state index contributed by atoms with van der Waals surface area (Å²) in [6.45, 7) is 5.02. The quantitative estimate of drug-likeness (QED) is 0.886. The monoisotopic (exact) mass is 281 g/mol. The number of aryl methyl sites for hydroxylation is 1. The Kier molecular flexibility index (Phi) is 4.88. The molecule has 2 atom stereocenters. The van der Waals surface area contributed by atoms with Crippen molar-refractivity contribution >= 4 is 11.6 Å². The molecule has 0 saturated carbocycles. The van der Waals surface area contributed by atoms with Crippen molar-refractivity contribution in [3.63, 3.8) is 0 Å². The highest BCUT2D eigenvalue weighted by Crippen LogP contribution is 2.26. The Morgan fingerprint density at radius 1 is 1.42 bits per heavy atom. The molecule has 0 aliphatic carbocycles. The fourth-order valence-corrected chi connectivity index (χ4v) is 3.21. The zero-order chi connectivity index (χ0) is 13.9. The van der Waals surface area contributed by atoms with Crippen LogP contribution < -0.4 is 5.32 Å². The molecule has 19 heavy (non-hydrogen) atoms. The van der Waals surface area contributed by atoms with Crippen LogP contribution in [0.2, 0.25) is 5.02 Å². The SMILES string of the molecule is Cc1ccc(CC(C)(O)CC2CCCCN2)c(Cl)c1. The van der Waals surface area contributed by atoms with Crippen LogP contribution in [-0.2, 0) is 6.42 Å². The van der Waals surface area contributed by atoms with Crippen LogP contribution in [0.15, 0.2) is 18.2 Å². The molecule has 2 nitrogen and oxygen atoms in total. The van der Waals surface area contributed by atoms with Crippen molar-refractivity contribution in [1.29, 1.82) is 0 Å². The minimum Gasteiger partial charge on any atom is -0.390 e. The third-order valence-corrected chi connectivity index (χ3v) is 4.23. The fourth-order valence-electron chi connectivity index (χ4n) is 2.91. The average Bonchev–Trinajstić information content (AvgIpc) is 2.33. The van der Waals surface area contributed by atoms with Gasteiger partial charge in [-0.2, -0.15) is 0 Å². The number of rotatable bonds is 4. The first-order chi connectivity index (χ1) is 8.96. The van der Waals surface area contributed by atoms with Crippen LogP contribution in [0.4, 0.5) is 0 Å². The summed E-state index contributed by atoms with van der Waals surface area (Å²) in [6, 6.07) is 6.48. The molecule has 1 aromatic carbocycles. The number of benzene rings is 1. The molecule has 2 N–H and O–H groups in total. The van der Waals surface area contributed by atoms with Crippen LogP contribution in [-0.4, -0.2) is 23.3 Å². The summed E-state index contributed by atoms with van der Waals surface area (Å²) in [5, 5.41) is 14.9. The van der Waals surface area contributed by atoms with E-state index in [0.717, 1.165) is 35.5 Å². The van der Waals surface area contributed by atoms with Crippen LogP contribution >= 0.6 is 11.6 Å². The smallest absolute Gasteiger partial charge is 0.0675 e. The predicted molar refractivity (Wildman–Crippen MR) is 80.8 cm³/mol. The van der Waals surface area contributed by atoms with Crippen molar-refractivity contribution in [3.8, 4) is 0 Å². The van der Waals surface area contributed by atoms with Gasteiger partial charge in [-0.25, -0.2) is 0 Å². The Morgan fingerprint density at radius 2 is 2.21 bits per heavy atom. The van der Waals surface area contributed by atoms with Gasteiger partial charge in [0.05, 0.1) is 5.60 Å². The van der Waals surface area contributed by atoms with Crippen LogP contribution in [0, 0.1) is 6.92 Å². The standard InChI is InChI=1S/C16H24ClNO/c1-12-6-7-13(15(17)9-12)10-16(2,19)11-14-5-3-4-8-18-14/h6-7,9,14,18-19H,3-5,8,10-11H2,1-2H3. The maximum atomic E-state index is 10.6. The molecule has 2 rings (SSSR count). The highest BCUT2D eigenvalue weighted by molar-refractivity contribution is 6.31. The number of piperidine rings is 1. The first kappa shape index (κ1) is 14.8. The van der Waals surface area contributed by atoms with Crippen molar-refractivity contribution in [3.05, 3.63) is 34.3 Å². The molecule has 0 spiro atoms. The maximum absolute atomic E-state index is 10.6. The van der Waals surface area contributed by atoms with Crippen molar-refractivity contribution in [1.82, 2.24) is 5.32 Å². The summed E-state index contributed by atoms with van der Waals surface area (Å²) in [7, 11) is 0. The lowest BCUT2D eigenvalue weighted by molar-refractivity contribution is 0.0371. The van der Waals surface area contributed by atoms with Gasteiger partial charge in [0.15, 0.2) is 0 Å². The molecule has 1 heterocycles. The summed E-state index contributed by atoms with van der Waals surface area (Å²) >= 11 is 6.25. The predicted octanol–water partition coefficient (Wildman–Crippen LogP) is 3.47. The van der Waals surface area contributed by atoms with Crippen molar-refractivity contribution in [2.24, 2.45) is 0 Å². The van der Waals surface area contributed by atoms with Crippen molar-refractivity contribution < 1.29 is 5.11 Å². The molecule has 0 aromatic heterocycles. The molecule has 0 amide bonds. The van der Waals surface area contributed by atoms with E-state index in [1.807, 2.05) is 26.0 Å². The van der Waals surface area contributed by atoms with Crippen LogP contribution in [0.5, 0.6) is 0 Å². The Balaban J connectivity index is 1.99. The number of nitrogens with one attached hydrogen (secondary N) is 1. The minimum absolute atomic E-state index is 0.438. The van der Waals surface area contributed by atoms with Gasteiger partial charge in [-0.15, -0.1) is 0 Å². The molecule has 1 aromatic rings. The van der Waals surface area contributed by atoms with Crippen LogP contribution in [0.3, 0.4) is 0 Å². The molecule has 1 fully saturated rings. The Bertz CT molecular complexity index is 425. The van der Waals surface area contributed by atoms with E-state index in [4.69, 9.17) is 11.6 Å². The van der Waals surface area contributed by atoms with E-state index in [9.17, 15) is 5.11 Å². The topological polar surface area (TPSA) is 32.3 Å². The molecule has 0 radical (unpaired) electrons. The molecule has 106 valence electrons. The van der Waals surface area contributed by atoms with Gasteiger partial charge in [-0.05, 0) is 56.8 Å². The number of hydrogen-bond acceptors (Lipinski definition) is 2. The molecule has 0 bridgehead atoms. The summed E-state index contributed by atoms with van der Waals surface area (Å²) in [6.07, 6.45) is 5.08. The second kappa shape index (κ2) is 6.25. The number of aliphatic hydroxyl groups is 1. The zero-order valence-corrected chi connectivity index (χ0v) is 12.6. The molecular formula is C16H24ClNO. The number of halogens is 1. The van der Waals surface area contributed by atoms with E-state index in [0.29, 0.717) is 12.5 Å². The molecule has 1 saturated heterocycles. The maximum Gasteiger partial charge on any atom is 0.0675 e. The summed E-state index contributed by atoms with van der Waals surface area (Å²) in [4.78, 5) is 0. The van der Waals surface area contributed by atoms with Gasteiger partial charge in [0, 0.05) is 17.5 Å². The third kappa shape index (κ3) is 4.48. The van der Waals surface area contributed by atoms with Gasteiger partial charge in [0.2, 0.25) is 0 Å². The molecule has 3 heteroatoms. The lowest BCUT2D eigenvalue weighted by Crippen LogP contribution is -2.41. The highest BCUT2D eigenvalue weighted by atomic mass is 35.5. The molecule has 2 unspecified atom stereocenters. The Labute approximate surface area is 121 Å². The zero-order valence-electron chi connectivity index (χ0n) is 11.9. The lowest BCUT2D eigenvalue weighted by Gasteiger charge is -2.32. The van der Waals surface area contributed by atoms with Crippen molar-refractivity contribution in [2.75, 3.05) is 6.54 Å². The van der Waals surface area contributed by atoms with Crippen LogP contribution in [0.1, 0.15) is 43.7 Å². The molecule has 1 aliphatic rings. The van der Waals surface area contributed by atoms with E-state index in [2.05, 4.69) is 11.4 Å². The first-order valence-electron chi connectivity index (χ1n) is 7.17. The third-order valence-electron chi connectivity index (χ3n) is 3.88. The summed E-state index contributed by atoms with van der Waals surface area (Å²) in [5.41, 5.74) is 1.49. The average molecular weight is 282 g/mol. The van der Waals surface area contributed by atoms with Gasteiger partial charge >= 0.3 is 0 Å². The van der Waals surface area contributed by atoms with Gasteiger partial charge in [-0.1, -0.05) is 30.2 Å². The minimum atomic E-state index is -0.700. The van der Waals surface area contributed by atoms with Crippen LogP contribution in [0.25, 0.3) is 0 Å². The fraction of sp³-hybridized carbons (Fsp3) is 0.625. The second-order valence-electron chi connectivity index (χ2n) is 6.12. The van der Waals surface area contributed by atoms with Gasteiger partial charge in [0.25, 0.3) is 0 Å². The molecule has 1 aliphatic heterocycles. The van der Waals surface area contributed by atoms with E-state index in [-0.39, 0.29) is 0 Å². The first-order valence-corrected chi connectivity index (χ1v) is 7.55. The highest BCUT2D eigenvalue weighted by Gasteiger charge is 2.27. The van der Waals surface area contributed by atoms with E-state index in [1.165, 1.54) is 12.8 Å². The van der Waals surface area contributed by atoms with E-state index >= 15 is 0 Å². The second-order valence-corrected chi connectivity index (χ2v) is 6.53. The van der Waals surface area contributed by atoms with E-state index < -0.39 is 5.60 Å². The largest absolute Gasteiger partial charge is 0.390 e. The normalized spacial score (nSPS) is 23.1. The summed E-state index contributed by atoms with van der Waals surface area (Å²) < 4.78 is 0. The number of hydrogen-bond donors (Lipinski definition) is 2.